The normalized spacial score (nSPS) is 18.4. The number of aromatic nitrogens is 3. The van der Waals surface area contributed by atoms with Crippen LogP contribution in [-0.2, 0) is 13.1 Å². The summed E-state index contributed by atoms with van der Waals surface area (Å²) in [6.45, 7) is -0.241. The maximum atomic E-state index is 13.2. The number of halogens is 3. The molecule has 142 valence electrons. The number of nitrogens with zero attached hydrogens (tertiary/aromatic N) is 4. The van der Waals surface area contributed by atoms with Gasteiger partial charge in [0.15, 0.2) is 6.39 Å². The fourth-order valence-corrected chi connectivity index (χ4v) is 3.60. The highest BCUT2D eigenvalue weighted by atomic mass is 19.4. The van der Waals surface area contributed by atoms with E-state index in [-0.39, 0.29) is 17.3 Å². The minimum Gasteiger partial charge on any atom is -0.451 e. The topological polar surface area (TPSA) is 64.2 Å². The Kier molecular flexibility index (Phi) is 4.47. The maximum absolute atomic E-state index is 13.2. The molecule has 1 saturated heterocycles. The molecule has 2 aromatic heterocycles. The van der Waals surface area contributed by atoms with Crippen molar-refractivity contribution in [3.8, 4) is 0 Å². The van der Waals surface area contributed by atoms with Crippen molar-refractivity contribution >= 4 is 10.9 Å². The van der Waals surface area contributed by atoms with E-state index < -0.39 is 18.3 Å². The summed E-state index contributed by atoms with van der Waals surface area (Å²) >= 11 is 0. The summed E-state index contributed by atoms with van der Waals surface area (Å²) in [5.41, 5.74) is 0.429. The molecule has 4 rings (SSSR count). The number of hydrogen-bond donors (Lipinski definition) is 0. The molecule has 1 aliphatic heterocycles. The van der Waals surface area contributed by atoms with Crippen LogP contribution >= 0.6 is 0 Å². The van der Waals surface area contributed by atoms with Crippen LogP contribution in [-0.4, -0.2) is 32.2 Å². The van der Waals surface area contributed by atoms with E-state index in [1.165, 1.54) is 18.7 Å². The first-order chi connectivity index (χ1) is 12.9. The van der Waals surface area contributed by atoms with Gasteiger partial charge in [-0.3, -0.25) is 14.3 Å². The number of oxazole rings is 1. The third-order valence-electron chi connectivity index (χ3n) is 4.74. The van der Waals surface area contributed by atoms with Gasteiger partial charge in [-0.1, -0.05) is 12.1 Å². The second kappa shape index (κ2) is 6.80. The summed E-state index contributed by atoms with van der Waals surface area (Å²) < 4.78 is 45.2. The highest BCUT2D eigenvalue weighted by Gasteiger charge is 2.35. The van der Waals surface area contributed by atoms with Crippen molar-refractivity contribution in [3.63, 3.8) is 0 Å². The average Bonchev–Trinajstić information content (AvgIpc) is 3.29. The Bertz CT molecular complexity index is 998. The smallest absolute Gasteiger partial charge is 0.406 e. The van der Waals surface area contributed by atoms with E-state index >= 15 is 0 Å². The van der Waals surface area contributed by atoms with Crippen LogP contribution in [0.25, 0.3) is 10.9 Å². The Morgan fingerprint density at radius 1 is 1.26 bits per heavy atom. The van der Waals surface area contributed by atoms with E-state index in [9.17, 15) is 18.0 Å². The summed E-state index contributed by atoms with van der Waals surface area (Å²) in [7, 11) is 0. The molecule has 0 saturated carbocycles. The lowest BCUT2D eigenvalue weighted by Gasteiger charge is -2.26. The number of rotatable bonds is 4. The van der Waals surface area contributed by atoms with Gasteiger partial charge in [0.2, 0.25) is 0 Å². The fraction of sp³-hybridized carbons (Fsp3) is 0.389. The van der Waals surface area contributed by atoms with Crippen LogP contribution in [0.5, 0.6) is 0 Å². The largest absolute Gasteiger partial charge is 0.451 e. The lowest BCUT2D eigenvalue weighted by atomic mass is 10.1. The first-order valence-electron chi connectivity index (χ1n) is 8.60. The molecular weight excluding hydrogens is 361 g/mol. The van der Waals surface area contributed by atoms with Crippen molar-refractivity contribution in [3.05, 3.63) is 58.8 Å². The van der Waals surface area contributed by atoms with Gasteiger partial charge in [0, 0.05) is 6.54 Å². The van der Waals surface area contributed by atoms with Crippen LogP contribution in [0, 0.1) is 0 Å². The third kappa shape index (κ3) is 3.59. The van der Waals surface area contributed by atoms with E-state index in [2.05, 4.69) is 9.97 Å². The van der Waals surface area contributed by atoms with Crippen molar-refractivity contribution in [2.75, 3.05) is 6.54 Å². The summed E-state index contributed by atoms with van der Waals surface area (Å²) in [4.78, 5) is 23.3. The van der Waals surface area contributed by atoms with Crippen molar-refractivity contribution in [2.24, 2.45) is 0 Å². The standard InChI is InChI=1S/C18H17F3N4O2/c19-18(20,21)10-25-16(23-14-5-2-1-4-13(14)17(25)26)15-6-3-7-24(15)8-12-9-27-11-22-12/h1-2,4-5,9,11,15H,3,6-8,10H2. The van der Waals surface area contributed by atoms with Gasteiger partial charge in [0.1, 0.15) is 18.6 Å². The van der Waals surface area contributed by atoms with Gasteiger partial charge < -0.3 is 4.42 Å². The van der Waals surface area contributed by atoms with Crippen molar-refractivity contribution < 1.29 is 17.6 Å². The zero-order valence-electron chi connectivity index (χ0n) is 14.3. The zero-order valence-corrected chi connectivity index (χ0v) is 14.3. The number of para-hydroxylation sites is 1. The number of likely N-dealkylation sites (tertiary alicyclic amines) is 1. The highest BCUT2D eigenvalue weighted by Crippen LogP contribution is 2.33. The minimum atomic E-state index is -4.52. The predicted molar refractivity (Wildman–Crippen MR) is 90.9 cm³/mol. The van der Waals surface area contributed by atoms with Crippen molar-refractivity contribution in [2.45, 2.75) is 38.1 Å². The van der Waals surface area contributed by atoms with Gasteiger partial charge in [0.25, 0.3) is 5.56 Å². The number of alkyl halides is 3. The summed E-state index contributed by atoms with van der Waals surface area (Å²) in [5.74, 6) is 0.150. The van der Waals surface area contributed by atoms with Crippen LogP contribution < -0.4 is 5.56 Å². The first kappa shape index (κ1) is 17.7. The molecule has 27 heavy (non-hydrogen) atoms. The van der Waals surface area contributed by atoms with Gasteiger partial charge >= 0.3 is 6.18 Å². The predicted octanol–water partition coefficient (Wildman–Crippen LogP) is 3.28. The van der Waals surface area contributed by atoms with E-state index in [1.54, 1.807) is 18.2 Å². The monoisotopic (exact) mass is 378 g/mol. The Morgan fingerprint density at radius 2 is 2.07 bits per heavy atom. The molecule has 3 heterocycles. The Balaban J connectivity index is 1.81. The molecule has 0 bridgehead atoms. The Morgan fingerprint density at radius 3 is 2.81 bits per heavy atom. The molecule has 0 aliphatic carbocycles. The van der Waals surface area contributed by atoms with Crippen molar-refractivity contribution in [1.82, 2.24) is 19.4 Å². The Hall–Kier alpha value is -2.68. The Labute approximate surface area is 152 Å². The van der Waals surface area contributed by atoms with Gasteiger partial charge in [-0.15, -0.1) is 0 Å². The van der Waals surface area contributed by atoms with Gasteiger partial charge in [-0.05, 0) is 31.5 Å². The molecule has 0 N–H and O–H groups in total. The lowest BCUT2D eigenvalue weighted by molar-refractivity contribution is -0.142. The minimum absolute atomic E-state index is 0.150. The second-order valence-electron chi connectivity index (χ2n) is 6.60. The second-order valence-corrected chi connectivity index (χ2v) is 6.60. The number of fused-ring (bicyclic) bond motifs is 1. The SMILES string of the molecule is O=c1c2ccccc2nc(C2CCCN2Cc2cocn2)n1CC(F)(F)F. The van der Waals surface area contributed by atoms with Crippen LogP contribution in [0.1, 0.15) is 30.4 Å². The molecule has 0 amide bonds. The maximum Gasteiger partial charge on any atom is 0.406 e. The van der Waals surface area contributed by atoms with Crippen LogP contribution in [0.3, 0.4) is 0 Å². The van der Waals surface area contributed by atoms with E-state index in [0.29, 0.717) is 30.7 Å². The molecule has 6 nitrogen and oxygen atoms in total. The molecule has 9 heteroatoms. The van der Waals surface area contributed by atoms with Crippen LogP contribution in [0.15, 0.2) is 46.1 Å². The molecule has 1 atom stereocenters. The van der Waals surface area contributed by atoms with Crippen molar-refractivity contribution in [1.29, 1.82) is 0 Å². The van der Waals surface area contributed by atoms with Gasteiger partial charge in [0.05, 0.1) is 22.6 Å². The molecule has 3 aromatic rings. The molecule has 0 spiro atoms. The molecule has 0 radical (unpaired) electrons. The third-order valence-corrected chi connectivity index (χ3v) is 4.74. The van der Waals surface area contributed by atoms with Gasteiger partial charge in [-0.2, -0.15) is 13.2 Å². The first-order valence-corrected chi connectivity index (χ1v) is 8.60. The van der Waals surface area contributed by atoms with Gasteiger partial charge in [-0.25, -0.2) is 9.97 Å². The molecule has 1 aliphatic rings. The average molecular weight is 378 g/mol. The molecule has 1 unspecified atom stereocenters. The fourth-order valence-electron chi connectivity index (χ4n) is 3.60. The number of benzene rings is 1. The molecule has 1 fully saturated rings. The van der Waals surface area contributed by atoms with E-state index in [0.717, 1.165) is 11.0 Å². The molecule has 1 aromatic carbocycles. The van der Waals surface area contributed by atoms with E-state index in [4.69, 9.17) is 4.42 Å². The quantitative estimate of drug-likeness (QED) is 0.697. The summed E-state index contributed by atoms with van der Waals surface area (Å²) in [6.07, 6.45) is -0.268. The molecular formula is C18H17F3N4O2. The highest BCUT2D eigenvalue weighted by molar-refractivity contribution is 5.77. The zero-order chi connectivity index (χ0) is 19.0. The number of hydrogen-bond acceptors (Lipinski definition) is 5. The van der Waals surface area contributed by atoms with Crippen LogP contribution in [0.4, 0.5) is 13.2 Å². The summed E-state index contributed by atoms with van der Waals surface area (Å²) in [5, 5.41) is 0.187. The van der Waals surface area contributed by atoms with Crippen LogP contribution in [0.2, 0.25) is 0 Å². The lowest BCUT2D eigenvalue weighted by Crippen LogP contribution is -2.35. The summed E-state index contributed by atoms with van der Waals surface area (Å²) in [6, 6.07) is 6.10. The van der Waals surface area contributed by atoms with E-state index in [1.807, 2.05) is 4.90 Å².